The summed E-state index contributed by atoms with van der Waals surface area (Å²) < 4.78 is 18.7. The maximum atomic E-state index is 13.4. The minimum Gasteiger partial charge on any atom is -0.381 e. The summed E-state index contributed by atoms with van der Waals surface area (Å²) in [7, 11) is 1.83. The number of rotatable bonds is 4. The maximum absolute atomic E-state index is 13.4. The summed E-state index contributed by atoms with van der Waals surface area (Å²) >= 11 is 0. The molecule has 1 aliphatic rings. The van der Waals surface area contributed by atoms with Crippen molar-refractivity contribution in [1.82, 2.24) is 0 Å². The van der Waals surface area contributed by atoms with E-state index in [2.05, 4.69) is 0 Å². The second kappa shape index (κ2) is 5.97. The van der Waals surface area contributed by atoms with Crippen LogP contribution in [-0.4, -0.2) is 31.7 Å². The second-order valence-corrected chi connectivity index (χ2v) is 4.86. The van der Waals surface area contributed by atoms with Crippen molar-refractivity contribution in [2.24, 2.45) is 5.92 Å². The van der Waals surface area contributed by atoms with Gasteiger partial charge in [-0.05, 0) is 24.8 Å². The largest absolute Gasteiger partial charge is 0.381 e. The molecule has 1 saturated heterocycles. The Kier molecular flexibility index (Phi) is 4.31. The predicted molar refractivity (Wildman–Crippen MR) is 69.9 cm³/mol. The van der Waals surface area contributed by atoms with E-state index in [1.807, 2.05) is 11.9 Å². The number of nitro groups is 1. The average molecular weight is 268 g/mol. The topological polar surface area (TPSA) is 55.6 Å². The molecule has 1 aromatic carbocycles. The van der Waals surface area contributed by atoms with Crippen molar-refractivity contribution < 1.29 is 14.1 Å². The Morgan fingerprint density at radius 2 is 2.11 bits per heavy atom. The van der Waals surface area contributed by atoms with Gasteiger partial charge in [0.25, 0.3) is 5.69 Å². The van der Waals surface area contributed by atoms with Crippen molar-refractivity contribution in [3.8, 4) is 0 Å². The molecule has 0 radical (unpaired) electrons. The highest BCUT2D eigenvalue weighted by atomic mass is 19.1. The third kappa shape index (κ3) is 3.64. The normalized spacial score (nSPS) is 16.3. The van der Waals surface area contributed by atoms with Gasteiger partial charge in [0.1, 0.15) is 5.82 Å². The number of nitrogens with zero attached hydrogens (tertiary/aromatic N) is 2. The monoisotopic (exact) mass is 268 g/mol. The molecule has 5 nitrogen and oxygen atoms in total. The molecule has 0 saturated carbocycles. The van der Waals surface area contributed by atoms with Gasteiger partial charge in [-0.3, -0.25) is 10.1 Å². The molecule has 1 aliphatic heterocycles. The first-order chi connectivity index (χ1) is 9.06. The standard InChI is InChI=1S/C13H17FN2O3/c1-15(9-10-2-4-19-5-3-10)12-6-11(14)7-13(8-12)16(17)18/h6-8,10H,2-5,9H2,1H3. The van der Waals surface area contributed by atoms with Crippen molar-refractivity contribution in [3.05, 3.63) is 34.1 Å². The zero-order valence-electron chi connectivity index (χ0n) is 10.8. The van der Waals surface area contributed by atoms with E-state index in [4.69, 9.17) is 4.74 Å². The van der Waals surface area contributed by atoms with Gasteiger partial charge in [-0.2, -0.15) is 0 Å². The van der Waals surface area contributed by atoms with Crippen LogP contribution in [-0.2, 0) is 4.74 Å². The van der Waals surface area contributed by atoms with Crippen LogP contribution < -0.4 is 4.90 Å². The van der Waals surface area contributed by atoms with E-state index < -0.39 is 10.7 Å². The molecule has 104 valence electrons. The van der Waals surface area contributed by atoms with Gasteiger partial charge >= 0.3 is 0 Å². The number of hydrogen-bond donors (Lipinski definition) is 0. The Labute approximate surface area is 111 Å². The van der Waals surface area contributed by atoms with Crippen molar-refractivity contribution in [2.45, 2.75) is 12.8 Å². The Hall–Kier alpha value is -1.69. The van der Waals surface area contributed by atoms with Crippen molar-refractivity contribution >= 4 is 11.4 Å². The molecule has 2 rings (SSSR count). The van der Waals surface area contributed by atoms with E-state index in [1.54, 1.807) is 0 Å². The summed E-state index contributed by atoms with van der Waals surface area (Å²) in [6.07, 6.45) is 1.95. The Morgan fingerprint density at radius 3 is 2.74 bits per heavy atom. The molecule has 0 unspecified atom stereocenters. The molecule has 0 spiro atoms. The van der Waals surface area contributed by atoms with Gasteiger partial charge in [0, 0.05) is 38.6 Å². The number of halogens is 1. The lowest BCUT2D eigenvalue weighted by Gasteiger charge is -2.28. The maximum Gasteiger partial charge on any atom is 0.274 e. The molecule has 0 atom stereocenters. The molecule has 0 aliphatic carbocycles. The van der Waals surface area contributed by atoms with E-state index in [0.717, 1.165) is 38.7 Å². The molecule has 0 N–H and O–H groups in total. The Balaban J connectivity index is 2.09. The SMILES string of the molecule is CN(CC1CCOCC1)c1cc(F)cc([N+](=O)[O-])c1. The van der Waals surface area contributed by atoms with Crippen LogP contribution in [0.4, 0.5) is 15.8 Å². The highest BCUT2D eigenvalue weighted by molar-refractivity contribution is 5.53. The zero-order chi connectivity index (χ0) is 13.8. The lowest BCUT2D eigenvalue weighted by Crippen LogP contribution is -2.29. The van der Waals surface area contributed by atoms with E-state index in [9.17, 15) is 14.5 Å². The molecule has 0 amide bonds. The molecule has 1 heterocycles. The average Bonchev–Trinajstić information content (AvgIpc) is 2.39. The summed E-state index contributed by atoms with van der Waals surface area (Å²) in [5.41, 5.74) is 0.326. The molecule has 0 bridgehead atoms. The quantitative estimate of drug-likeness (QED) is 0.622. The van der Waals surface area contributed by atoms with Gasteiger partial charge in [-0.15, -0.1) is 0 Å². The van der Waals surface area contributed by atoms with E-state index in [-0.39, 0.29) is 5.69 Å². The third-order valence-electron chi connectivity index (χ3n) is 3.39. The van der Waals surface area contributed by atoms with Crippen LogP contribution in [0.15, 0.2) is 18.2 Å². The minimum atomic E-state index is -0.581. The highest BCUT2D eigenvalue weighted by Crippen LogP contribution is 2.25. The van der Waals surface area contributed by atoms with Gasteiger partial charge < -0.3 is 9.64 Å². The van der Waals surface area contributed by atoms with Crippen molar-refractivity contribution in [3.63, 3.8) is 0 Å². The predicted octanol–water partition coefficient (Wildman–Crippen LogP) is 2.60. The van der Waals surface area contributed by atoms with Gasteiger partial charge in [0.05, 0.1) is 11.0 Å². The van der Waals surface area contributed by atoms with Crippen molar-refractivity contribution in [1.29, 1.82) is 0 Å². The summed E-state index contributed by atoms with van der Waals surface area (Å²) in [6, 6.07) is 3.67. The number of hydrogen-bond acceptors (Lipinski definition) is 4. The number of non-ortho nitro benzene ring substituents is 1. The number of nitro benzene ring substituents is 1. The van der Waals surface area contributed by atoms with E-state index in [1.165, 1.54) is 12.1 Å². The fraction of sp³-hybridized carbons (Fsp3) is 0.538. The van der Waals surface area contributed by atoms with Gasteiger partial charge in [-0.25, -0.2) is 4.39 Å². The number of benzene rings is 1. The minimum absolute atomic E-state index is 0.214. The molecule has 1 aromatic rings. The van der Waals surface area contributed by atoms with Crippen LogP contribution in [0.5, 0.6) is 0 Å². The smallest absolute Gasteiger partial charge is 0.274 e. The van der Waals surface area contributed by atoms with Crippen LogP contribution in [0.1, 0.15) is 12.8 Å². The first-order valence-electron chi connectivity index (χ1n) is 6.30. The first-order valence-corrected chi connectivity index (χ1v) is 6.30. The van der Waals surface area contributed by atoms with Gasteiger partial charge in [0.2, 0.25) is 0 Å². The molecule has 19 heavy (non-hydrogen) atoms. The van der Waals surface area contributed by atoms with Crippen LogP contribution in [0.2, 0.25) is 0 Å². The lowest BCUT2D eigenvalue weighted by molar-refractivity contribution is -0.385. The van der Waals surface area contributed by atoms with E-state index >= 15 is 0 Å². The summed E-state index contributed by atoms with van der Waals surface area (Å²) in [6.45, 7) is 2.26. The fourth-order valence-electron chi connectivity index (χ4n) is 2.31. The fourth-order valence-corrected chi connectivity index (χ4v) is 2.31. The van der Waals surface area contributed by atoms with Crippen LogP contribution in [0, 0.1) is 21.8 Å². The first kappa shape index (κ1) is 13.7. The van der Waals surface area contributed by atoms with Crippen LogP contribution in [0.25, 0.3) is 0 Å². The molecule has 0 aromatic heterocycles. The molecule has 6 heteroatoms. The Bertz CT molecular complexity index is 461. The number of ether oxygens (including phenoxy) is 1. The number of anilines is 1. The molecular formula is C13H17FN2O3. The second-order valence-electron chi connectivity index (χ2n) is 4.86. The van der Waals surface area contributed by atoms with Gasteiger partial charge in [-0.1, -0.05) is 0 Å². The zero-order valence-corrected chi connectivity index (χ0v) is 10.8. The summed E-state index contributed by atoms with van der Waals surface area (Å²) in [5.74, 6) is -0.0934. The van der Waals surface area contributed by atoms with Crippen molar-refractivity contribution in [2.75, 3.05) is 31.7 Å². The molecule has 1 fully saturated rings. The third-order valence-corrected chi connectivity index (χ3v) is 3.39. The van der Waals surface area contributed by atoms with Crippen LogP contribution >= 0.6 is 0 Å². The van der Waals surface area contributed by atoms with Crippen LogP contribution in [0.3, 0.4) is 0 Å². The highest BCUT2D eigenvalue weighted by Gasteiger charge is 2.18. The lowest BCUT2D eigenvalue weighted by atomic mass is 9.99. The Morgan fingerprint density at radius 1 is 1.42 bits per heavy atom. The van der Waals surface area contributed by atoms with Gasteiger partial charge in [0.15, 0.2) is 0 Å². The molecular weight excluding hydrogens is 251 g/mol. The summed E-state index contributed by atoms with van der Waals surface area (Å²) in [4.78, 5) is 12.0. The summed E-state index contributed by atoms with van der Waals surface area (Å²) in [5, 5.41) is 10.7. The van der Waals surface area contributed by atoms with E-state index in [0.29, 0.717) is 11.6 Å².